The van der Waals surface area contributed by atoms with Gasteiger partial charge in [0, 0.05) is 31.9 Å². The lowest BCUT2D eigenvalue weighted by Gasteiger charge is -2.30. The van der Waals surface area contributed by atoms with Gasteiger partial charge in [0.05, 0.1) is 18.8 Å². The zero-order valence-corrected chi connectivity index (χ0v) is 16.4. The Morgan fingerprint density at radius 1 is 1.15 bits per heavy atom. The molecule has 6 nitrogen and oxygen atoms in total. The van der Waals surface area contributed by atoms with Crippen LogP contribution < -0.4 is 10.6 Å². The van der Waals surface area contributed by atoms with Gasteiger partial charge in [-0.15, -0.1) is 0 Å². The van der Waals surface area contributed by atoms with E-state index in [-0.39, 0.29) is 0 Å². The van der Waals surface area contributed by atoms with E-state index in [0.717, 1.165) is 37.7 Å². The fraction of sp³-hybridized carbons (Fsp3) is 0.500. The Morgan fingerprint density at radius 3 is 2.46 bits per heavy atom. The monoisotopic (exact) mass is 356 g/mol. The third-order valence-electron chi connectivity index (χ3n) is 4.42. The largest absolute Gasteiger partial charge is 0.357 e. The molecule has 0 bridgehead atoms. The van der Waals surface area contributed by atoms with Crippen molar-refractivity contribution in [3.8, 4) is 0 Å². The zero-order chi connectivity index (χ0) is 18.8. The average molecular weight is 357 g/mol. The van der Waals surface area contributed by atoms with Crippen molar-refractivity contribution in [2.24, 2.45) is 12.0 Å². The minimum Gasteiger partial charge on any atom is -0.357 e. The maximum atomic E-state index is 4.70. The Labute approximate surface area is 157 Å². The van der Waals surface area contributed by atoms with Crippen LogP contribution in [0.4, 0.5) is 0 Å². The second-order valence-corrected chi connectivity index (χ2v) is 6.25. The molecule has 142 valence electrons. The van der Waals surface area contributed by atoms with Crippen LogP contribution in [0, 0.1) is 0 Å². The predicted molar refractivity (Wildman–Crippen MR) is 108 cm³/mol. The lowest BCUT2D eigenvalue weighted by Crippen LogP contribution is -2.43. The SMILES string of the molecule is CCNC(=NCc1cnn(C)c1)NCC(c1ccccc1)N(CC)CC. The molecular formula is C20H32N6. The van der Waals surface area contributed by atoms with Gasteiger partial charge in [-0.25, -0.2) is 4.99 Å². The summed E-state index contributed by atoms with van der Waals surface area (Å²) in [6.07, 6.45) is 3.85. The summed E-state index contributed by atoms with van der Waals surface area (Å²) in [5.74, 6) is 0.837. The molecule has 26 heavy (non-hydrogen) atoms. The van der Waals surface area contributed by atoms with E-state index in [1.807, 2.05) is 19.4 Å². The molecule has 0 radical (unpaired) electrons. The van der Waals surface area contributed by atoms with Crippen molar-refractivity contribution in [1.29, 1.82) is 0 Å². The van der Waals surface area contributed by atoms with Gasteiger partial charge in [0.15, 0.2) is 5.96 Å². The lowest BCUT2D eigenvalue weighted by atomic mass is 10.1. The van der Waals surface area contributed by atoms with Crippen molar-refractivity contribution in [3.63, 3.8) is 0 Å². The molecule has 2 aromatic rings. The van der Waals surface area contributed by atoms with Crippen LogP contribution in [0.5, 0.6) is 0 Å². The quantitative estimate of drug-likeness (QED) is 0.536. The molecule has 2 rings (SSSR count). The normalized spacial score (nSPS) is 13.0. The Kier molecular flexibility index (Phi) is 8.15. The van der Waals surface area contributed by atoms with Gasteiger partial charge in [0.2, 0.25) is 0 Å². The van der Waals surface area contributed by atoms with E-state index < -0.39 is 0 Å². The Bertz CT molecular complexity index is 660. The number of rotatable bonds is 9. The van der Waals surface area contributed by atoms with Crippen molar-refractivity contribution >= 4 is 5.96 Å². The van der Waals surface area contributed by atoms with Gasteiger partial charge in [0.25, 0.3) is 0 Å². The van der Waals surface area contributed by atoms with Crippen LogP contribution in [0.25, 0.3) is 0 Å². The smallest absolute Gasteiger partial charge is 0.191 e. The molecule has 0 saturated heterocycles. The van der Waals surface area contributed by atoms with E-state index in [4.69, 9.17) is 4.99 Å². The molecule has 0 saturated carbocycles. The van der Waals surface area contributed by atoms with E-state index in [0.29, 0.717) is 12.6 Å². The summed E-state index contributed by atoms with van der Waals surface area (Å²) in [6.45, 7) is 10.8. The average Bonchev–Trinajstić information content (AvgIpc) is 3.09. The van der Waals surface area contributed by atoms with E-state index >= 15 is 0 Å². The maximum absolute atomic E-state index is 4.70. The van der Waals surface area contributed by atoms with Gasteiger partial charge in [0.1, 0.15) is 0 Å². The summed E-state index contributed by atoms with van der Waals surface area (Å²) >= 11 is 0. The van der Waals surface area contributed by atoms with Gasteiger partial charge in [-0.3, -0.25) is 9.58 Å². The van der Waals surface area contributed by atoms with Crippen LogP contribution in [-0.2, 0) is 13.6 Å². The third-order valence-corrected chi connectivity index (χ3v) is 4.42. The number of guanidine groups is 1. The molecule has 1 unspecified atom stereocenters. The van der Waals surface area contributed by atoms with E-state index in [1.165, 1.54) is 5.56 Å². The highest BCUT2D eigenvalue weighted by Gasteiger charge is 2.18. The minimum atomic E-state index is 0.313. The Balaban J connectivity index is 2.07. The summed E-state index contributed by atoms with van der Waals surface area (Å²) in [7, 11) is 1.92. The lowest BCUT2D eigenvalue weighted by molar-refractivity contribution is 0.219. The van der Waals surface area contributed by atoms with E-state index in [9.17, 15) is 0 Å². The van der Waals surface area contributed by atoms with Crippen LogP contribution in [0.2, 0.25) is 0 Å². The van der Waals surface area contributed by atoms with Gasteiger partial charge in [-0.1, -0.05) is 44.2 Å². The molecule has 6 heteroatoms. The molecule has 1 heterocycles. The number of aromatic nitrogens is 2. The summed E-state index contributed by atoms with van der Waals surface area (Å²) in [5, 5.41) is 11.0. The highest BCUT2D eigenvalue weighted by Crippen LogP contribution is 2.19. The van der Waals surface area contributed by atoms with Gasteiger partial charge in [-0.05, 0) is 25.6 Å². The summed E-state index contributed by atoms with van der Waals surface area (Å²) in [6, 6.07) is 11.0. The van der Waals surface area contributed by atoms with Crippen LogP contribution in [-0.4, -0.2) is 46.8 Å². The number of hydrogen-bond donors (Lipinski definition) is 2. The first kappa shape index (κ1) is 20.0. The first-order valence-electron chi connectivity index (χ1n) is 9.46. The molecule has 0 aliphatic heterocycles. The molecule has 0 spiro atoms. The molecule has 1 atom stereocenters. The number of aryl methyl sites for hydroxylation is 1. The number of aliphatic imine (C=N–C) groups is 1. The maximum Gasteiger partial charge on any atom is 0.191 e. The van der Waals surface area contributed by atoms with Crippen molar-refractivity contribution in [2.45, 2.75) is 33.4 Å². The molecule has 1 aromatic heterocycles. The number of nitrogens with zero attached hydrogens (tertiary/aromatic N) is 4. The summed E-state index contributed by atoms with van der Waals surface area (Å²) in [5.41, 5.74) is 2.43. The highest BCUT2D eigenvalue weighted by molar-refractivity contribution is 5.79. The van der Waals surface area contributed by atoms with Gasteiger partial charge < -0.3 is 10.6 Å². The van der Waals surface area contributed by atoms with Gasteiger partial charge in [-0.2, -0.15) is 5.10 Å². The molecule has 0 fully saturated rings. The van der Waals surface area contributed by atoms with E-state index in [2.05, 4.69) is 71.7 Å². The molecule has 0 amide bonds. The molecule has 0 aliphatic carbocycles. The number of nitrogens with one attached hydrogen (secondary N) is 2. The van der Waals surface area contributed by atoms with Gasteiger partial charge >= 0.3 is 0 Å². The summed E-state index contributed by atoms with van der Waals surface area (Å²) in [4.78, 5) is 7.16. The number of benzene rings is 1. The summed E-state index contributed by atoms with van der Waals surface area (Å²) < 4.78 is 1.80. The standard InChI is InChI=1S/C20H32N6/c1-5-21-20(22-13-17-14-24-25(4)16-17)23-15-19(26(6-2)7-3)18-11-9-8-10-12-18/h8-12,14,16,19H,5-7,13,15H2,1-4H3,(H2,21,22,23). The van der Waals surface area contributed by atoms with Crippen LogP contribution >= 0.6 is 0 Å². The predicted octanol–water partition coefficient (Wildman–Crippen LogP) is 2.56. The first-order valence-corrected chi connectivity index (χ1v) is 9.46. The molecule has 2 N–H and O–H groups in total. The Morgan fingerprint density at radius 2 is 1.88 bits per heavy atom. The fourth-order valence-corrected chi connectivity index (χ4v) is 3.06. The van der Waals surface area contributed by atoms with Crippen LogP contribution in [0.1, 0.15) is 37.9 Å². The number of hydrogen-bond acceptors (Lipinski definition) is 3. The number of likely N-dealkylation sites (N-methyl/N-ethyl adjacent to an activating group) is 1. The molecule has 0 aliphatic rings. The Hall–Kier alpha value is -2.34. The van der Waals surface area contributed by atoms with Crippen LogP contribution in [0.15, 0.2) is 47.7 Å². The minimum absolute atomic E-state index is 0.313. The van der Waals surface area contributed by atoms with Crippen molar-refractivity contribution < 1.29 is 0 Å². The third kappa shape index (κ3) is 5.88. The first-order chi connectivity index (χ1) is 12.7. The van der Waals surface area contributed by atoms with E-state index in [1.54, 1.807) is 4.68 Å². The van der Waals surface area contributed by atoms with Crippen molar-refractivity contribution in [1.82, 2.24) is 25.3 Å². The second-order valence-electron chi connectivity index (χ2n) is 6.25. The topological polar surface area (TPSA) is 57.5 Å². The molecule has 1 aromatic carbocycles. The van der Waals surface area contributed by atoms with Crippen LogP contribution in [0.3, 0.4) is 0 Å². The highest BCUT2D eigenvalue weighted by atomic mass is 15.2. The second kappa shape index (κ2) is 10.6. The zero-order valence-electron chi connectivity index (χ0n) is 16.4. The fourth-order valence-electron chi connectivity index (χ4n) is 3.06. The van der Waals surface area contributed by atoms with Crippen molar-refractivity contribution in [3.05, 3.63) is 53.9 Å². The van der Waals surface area contributed by atoms with Crippen molar-refractivity contribution in [2.75, 3.05) is 26.2 Å². The molecular weight excluding hydrogens is 324 g/mol.